The predicted octanol–water partition coefficient (Wildman–Crippen LogP) is 2.82. The Morgan fingerprint density at radius 3 is 2.62 bits per heavy atom. The van der Waals surface area contributed by atoms with E-state index in [4.69, 9.17) is 14.7 Å². The van der Waals surface area contributed by atoms with Gasteiger partial charge in [0.25, 0.3) is 5.91 Å². The summed E-state index contributed by atoms with van der Waals surface area (Å²) in [7, 11) is 1.44. The average molecular weight is 397 g/mol. The SMILES string of the molecule is COc1ccc(CN2CCN(C(=O)C(C)Oc3cccc(C#N)c3)CC2)cc1F. The molecule has 1 aliphatic heterocycles. The van der Waals surface area contributed by atoms with Gasteiger partial charge in [-0.2, -0.15) is 5.26 Å². The van der Waals surface area contributed by atoms with E-state index in [9.17, 15) is 9.18 Å². The van der Waals surface area contributed by atoms with Crippen LogP contribution in [0.1, 0.15) is 18.1 Å². The van der Waals surface area contributed by atoms with Crippen molar-refractivity contribution in [1.29, 1.82) is 5.26 Å². The number of ether oxygens (including phenoxy) is 2. The summed E-state index contributed by atoms with van der Waals surface area (Å²) in [5.74, 6) is 0.288. The topological polar surface area (TPSA) is 65.8 Å². The Balaban J connectivity index is 1.51. The number of carbonyl (C=O) groups excluding carboxylic acids is 1. The van der Waals surface area contributed by atoms with E-state index in [1.165, 1.54) is 13.2 Å². The number of carbonyl (C=O) groups is 1. The van der Waals surface area contributed by atoms with Gasteiger partial charge in [-0.25, -0.2) is 4.39 Å². The van der Waals surface area contributed by atoms with Crippen molar-refractivity contribution in [3.8, 4) is 17.6 Å². The number of piperazine rings is 1. The van der Waals surface area contributed by atoms with E-state index in [0.29, 0.717) is 44.0 Å². The normalized spacial score (nSPS) is 15.4. The fraction of sp³-hybridized carbons (Fsp3) is 0.364. The lowest BCUT2D eigenvalue weighted by Gasteiger charge is -2.36. The molecule has 6 nitrogen and oxygen atoms in total. The molecule has 1 fully saturated rings. The van der Waals surface area contributed by atoms with Crippen LogP contribution < -0.4 is 9.47 Å². The van der Waals surface area contributed by atoms with Crippen LogP contribution in [0.3, 0.4) is 0 Å². The minimum absolute atomic E-state index is 0.0810. The molecule has 2 aromatic carbocycles. The number of rotatable bonds is 6. The molecule has 0 radical (unpaired) electrons. The largest absolute Gasteiger partial charge is 0.494 e. The molecule has 1 saturated heterocycles. The molecule has 0 aromatic heterocycles. The summed E-state index contributed by atoms with van der Waals surface area (Å²) in [6.45, 7) is 4.92. The van der Waals surface area contributed by atoms with Crippen LogP contribution in [0.15, 0.2) is 42.5 Å². The third-order valence-corrected chi connectivity index (χ3v) is 4.93. The summed E-state index contributed by atoms with van der Waals surface area (Å²) in [5.41, 5.74) is 1.36. The Morgan fingerprint density at radius 1 is 1.21 bits per heavy atom. The molecule has 0 spiro atoms. The molecule has 0 aliphatic carbocycles. The van der Waals surface area contributed by atoms with Crippen molar-refractivity contribution < 1.29 is 18.7 Å². The van der Waals surface area contributed by atoms with Crippen LogP contribution in [-0.2, 0) is 11.3 Å². The molecule has 1 unspecified atom stereocenters. The molecule has 1 aliphatic rings. The highest BCUT2D eigenvalue weighted by Gasteiger charge is 2.26. The first-order valence-electron chi connectivity index (χ1n) is 9.50. The number of hydrogen-bond acceptors (Lipinski definition) is 5. The smallest absolute Gasteiger partial charge is 0.263 e. The molecule has 1 amide bonds. The van der Waals surface area contributed by atoms with Gasteiger partial charge in [-0.15, -0.1) is 0 Å². The zero-order chi connectivity index (χ0) is 20.8. The second-order valence-electron chi connectivity index (χ2n) is 6.97. The van der Waals surface area contributed by atoms with Crippen molar-refractivity contribution in [1.82, 2.24) is 9.80 Å². The van der Waals surface area contributed by atoms with E-state index in [1.54, 1.807) is 42.2 Å². The van der Waals surface area contributed by atoms with Gasteiger partial charge in [0.1, 0.15) is 5.75 Å². The highest BCUT2D eigenvalue weighted by Crippen LogP contribution is 2.20. The molecule has 29 heavy (non-hydrogen) atoms. The lowest BCUT2D eigenvalue weighted by molar-refractivity contribution is -0.139. The fourth-order valence-electron chi connectivity index (χ4n) is 3.34. The number of methoxy groups -OCH3 is 1. The summed E-state index contributed by atoms with van der Waals surface area (Å²) >= 11 is 0. The van der Waals surface area contributed by atoms with Crippen LogP contribution in [0.25, 0.3) is 0 Å². The second kappa shape index (κ2) is 9.39. The third-order valence-electron chi connectivity index (χ3n) is 4.93. The zero-order valence-electron chi connectivity index (χ0n) is 16.6. The molecular weight excluding hydrogens is 373 g/mol. The van der Waals surface area contributed by atoms with E-state index in [-0.39, 0.29) is 17.5 Å². The van der Waals surface area contributed by atoms with Gasteiger partial charge >= 0.3 is 0 Å². The van der Waals surface area contributed by atoms with Crippen LogP contribution in [0.4, 0.5) is 4.39 Å². The van der Waals surface area contributed by atoms with Crippen LogP contribution in [-0.4, -0.2) is 55.1 Å². The first kappa shape index (κ1) is 20.6. The number of nitriles is 1. The number of amides is 1. The molecule has 2 aromatic rings. The van der Waals surface area contributed by atoms with Crippen LogP contribution in [0.5, 0.6) is 11.5 Å². The molecule has 7 heteroatoms. The van der Waals surface area contributed by atoms with E-state index in [1.807, 2.05) is 6.07 Å². The minimum atomic E-state index is -0.633. The molecule has 0 saturated carbocycles. The molecule has 0 bridgehead atoms. The summed E-state index contributed by atoms with van der Waals surface area (Å²) in [6, 6.07) is 13.8. The number of halogens is 1. The molecule has 0 N–H and O–H groups in total. The Bertz CT molecular complexity index is 904. The van der Waals surface area contributed by atoms with Crippen LogP contribution in [0.2, 0.25) is 0 Å². The average Bonchev–Trinajstić information content (AvgIpc) is 2.74. The minimum Gasteiger partial charge on any atom is -0.494 e. The zero-order valence-corrected chi connectivity index (χ0v) is 16.6. The van der Waals surface area contributed by atoms with E-state index < -0.39 is 6.10 Å². The van der Waals surface area contributed by atoms with Crippen molar-refractivity contribution in [3.63, 3.8) is 0 Å². The predicted molar refractivity (Wildman–Crippen MR) is 106 cm³/mol. The standard InChI is InChI=1S/C22H24FN3O3/c1-16(29-19-5-3-4-17(12-19)14-24)22(27)26-10-8-25(9-11-26)15-18-6-7-21(28-2)20(23)13-18/h3-7,12-13,16H,8-11,15H2,1-2H3. The van der Waals surface area contributed by atoms with Gasteiger partial charge in [0.15, 0.2) is 17.7 Å². The lowest BCUT2D eigenvalue weighted by Crippen LogP contribution is -2.51. The van der Waals surface area contributed by atoms with E-state index in [2.05, 4.69) is 11.0 Å². The number of benzene rings is 2. The highest BCUT2D eigenvalue weighted by atomic mass is 19.1. The summed E-state index contributed by atoms with van der Waals surface area (Å²) in [5, 5.41) is 8.97. The molecule has 3 rings (SSSR count). The van der Waals surface area contributed by atoms with Crippen molar-refractivity contribution in [2.45, 2.75) is 19.6 Å². The van der Waals surface area contributed by atoms with Crippen molar-refractivity contribution in [3.05, 3.63) is 59.4 Å². The van der Waals surface area contributed by atoms with Crippen LogP contribution >= 0.6 is 0 Å². The summed E-state index contributed by atoms with van der Waals surface area (Å²) in [6.07, 6.45) is -0.633. The van der Waals surface area contributed by atoms with E-state index >= 15 is 0 Å². The van der Waals surface area contributed by atoms with Crippen molar-refractivity contribution >= 4 is 5.91 Å². The van der Waals surface area contributed by atoms with Crippen molar-refractivity contribution in [2.24, 2.45) is 0 Å². The lowest BCUT2D eigenvalue weighted by atomic mass is 10.1. The molecule has 1 heterocycles. The summed E-state index contributed by atoms with van der Waals surface area (Å²) < 4.78 is 24.5. The van der Waals surface area contributed by atoms with Gasteiger partial charge in [-0.05, 0) is 42.8 Å². The van der Waals surface area contributed by atoms with Crippen LogP contribution in [0, 0.1) is 17.1 Å². The maximum absolute atomic E-state index is 13.9. The van der Waals surface area contributed by atoms with Gasteiger partial charge in [0.05, 0.1) is 18.7 Å². The van der Waals surface area contributed by atoms with Gasteiger partial charge in [0.2, 0.25) is 0 Å². The fourth-order valence-corrected chi connectivity index (χ4v) is 3.34. The Hall–Kier alpha value is -3.11. The highest BCUT2D eigenvalue weighted by molar-refractivity contribution is 5.81. The van der Waals surface area contributed by atoms with Gasteiger partial charge in [-0.1, -0.05) is 12.1 Å². The Morgan fingerprint density at radius 2 is 1.97 bits per heavy atom. The maximum atomic E-state index is 13.9. The molecule has 152 valence electrons. The first-order valence-corrected chi connectivity index (χ1v) is 9.50. The monoisotopic (exact) mass is 397 g/mol. The summed E-state index contributed by atoms with van der Waals surface area (Å²) in [4.78, 5) is 16.7. The second-order valence-corrected chi connectivity index (χ2v) is 6.97. The van der Waals surface area contributed by atoms with Gasteiger partial charge in [-0.3, -0.25) is 9.69 Å². The van der Waals surface area contributed by atoms with Gasteiger partial charge < -0.3 is 14.4 Å². The first-order chi connectivity index (χ1) is 14.0. The molecular formula is C22H24FN3O3. The third kappa shape index (κ3) is 5.24. The van der Waals surface area contributed by atoms with Gasteiger partial charge in [0, 0.05) is 32.7 Å². The van der Waals surface area contributed by atoms with Crippen molar-refractivity contribution in [2.75, 3.05) is 33.3 Å². The maximum Gasteiger partial charge on any atom is 0.263 e. The van der Waals surface area contributed by atoms with E-state index in [0.717, 1.165) is 5.56 Å². The molecule has 1 atom stereocenters. The number of nitrogens with zero attached hydrogens (tertiary/aromatic N) is 3. The number of hydrogen-bond donors (Lipinski definition) is 0. The Labute approximate surface area is 170 Å². The Kier molecular flexibility index (Phi) is 6.68. The quantitative estimate of drug-likeness (QED) is 0.750.